The maximum atomic E-state index is 4.80. The molecule has 140 valence electrons. The molecule has 0 unspecified atom stereocenters. The summed E-state index contributed by atoms with van der Waals surface area (Å²) in [5.74, 6) is 0. The van der Waals surface area contributed by atoms with Gasteiger partial charge in [-0.25, -0.2) is 0 Å². The van der Waals surface area contributed by atoms with Crippen LogP contribution in [0.3, 0.4) is 0 Å². The molecule has 0 saturated heterocycles. The van der Waals surface area contributed by atoms with E-state index in [-0.39, 0.29) is 0 Å². The molecule has 0 amide bonds. The molecular weight excluding hydrogens is 352 g/mol. The summed E-state index contributed by atoms with van der Waals surface area (Å²) in [5, 5.41) is 0. The average molecular weight is 374 g/mol. The zero-order valence-electron chi connectivity index (χ0n) is 16.4. The van der Waals surface area contributed by atoms with Crippen LogP contribution in [0, 0.1) is 0 Å². The van der Waals surface area contributed by atoms with E-state index >= 15 is 0 Å². The molecule has 1 aliphatic rings. The number of fused-ring (bicyclic) bond motifs is 1. The monoisotopic (exact) mass is 374 g/mol. The largest absolute Gasteiger partial charge is 0.345 e. The Labute approximate surface area is 171 Å². The van der Waals surface area contributed by atoms with E-state index in [1.807, 2.05) is 12.1 Å². The maximum absolute atomic E-state index is 4.80. The van der Waals surface area contributed by atoms with Crippen molar-refractivity contribution in [1.29, 1.82) is 0 Å². The van der Waals surface area contributed by atoms with Crippen LogP contribution in [-0.4, -0.2) is 12.8 Å². The van der Waals surface area contributed by atoms with Gasteiger partial charge in [-0.3, -0.25) is 4.99 Å². The second-order valence-corrected chi connectivity index (χ2v) is 7.39. The van der Waals surface area contributed by atoms with Crippen molar-refractivity contribution in [2.24, 2.45) is 4.99 Å². The van der Waals surface area contributed by atoms with Gasteiger partial charge in [-0.05, 0) is 52.6 Å². The Morgan fingerprint density at radius 1 is 0.621 bits per heavy atom. The van der Waals surface area contributed by atoms with Gasteiger partial charge in [-0.2, -0.15) is 0 Å². The van der Waals surface area contributed by atoms with Crippen LogP contribution >= 0.6 is 0 Å². The van der Waals surface area contributed by atoms with E-state index in [9.17, 15) is 0 Å². The zero-order valence-corrected chi connectivity index (χ0v) is 16.4. The number of hydrogen-bond donors (Lipinski definition) is 0. The van der Waals surface area contributed by atoms with Gasteiger partial charge in [-0.15, -0.1) is 0 Å². The molecule has 0 spiro atoms. The zero-order chi connectivity index (χ0) is 19.6. The third-order valence-electron chi connectivity index (χ3n) is 5.53. The average Bonchev–Trinajstić information content (AvgIpc) is 3.24. The van der Waals surface area contributed by atoms with Gasteiger partial charge >= 0.3 is 0 Å². The van der Waals surface area contributed by atoms with Crippen LogP contribution in [0.15, 0.2) is 108 Å². The first-order chi connectivity index (χ1) is 14.3. The molecule has 0 fully saturated rings. The topological polar surface area (TPSA) is 15.6 Å². The van der Waals surface area contributed by atoms with Crippen molar-refractivity contribution in [3.8, 4) is 11.1 Å². The molecule has 4 aromatic carbocycles. The lowest BCUT2D eigenvalue weighted by molar-refractivity contribution is 1.21. The molecule has 0 aliphatic carbocycles. The number of aliphatic imine (C=N–C) groups is 1. The fraction of sp³-hybridized carbons (Fsp3) is 0.0741. The molecular formula is C27H22N2. The molecule has 0 atom stereocenters. The Kier molecular flexibility index (Phi) is 4.45. The summed E-state index contributed by atoms with van der Waals surface area (Å²) < 4.78 is 0. The Balaban J connectivity index is 1.38. The Morgan fingerprint density at radius 3 is 2.14 bits per heavy atom. The lowest BCUT2D eigenvalue weighted by Gasteiger charge is -2.20. The van der Waals surface area contributed by atoms with Crippen LogP contribution < -0.4 is 4.90 Å². The number of hydrogen-bond acceptors (Lipinski definition) is 2. The standard InChI is InChI=1S/C27H22N2/c1-29(25-12-7-11-22(18-25)20-8-3-2-4-9-20)24-16-14-21(15-17-24)27-19-23-10-5-6-13-26(23)28-27/h2-18H,19H2,1H3. The summed E-state index contributed by atoms with van der Waals surface area (Å²) in [5.41, 5.74) is 9.53. The van der Waals surface area contributed by atoms with E-state index < -0.39 is 0 Å². The first-order valence-corrected chi connectivity index (χ1v) is 9.93. The lowest BCUT2D eigenvalue weighted by Crippen LogP contribution is -2.10. The number of nitrogens with zero attached hydrogens (tertiary/aromatic N) is 2. The van der Waals surface area contributed by atoms with Crippen molar-refractivity contribution < 1.29 is 0 Å². The first kappa shape index (κ1) is 17.4. The van der Waals surface area contributed by atoms with Crippen molar-refractivity contribution in [2.75, 3.05) is 11.9 Å². The summed E-state index contributed by atoms with van der Waals surface area (Å²) in [4.78, 5) is 7.03. The molecule has 0 bridgehead atoms. The van der Waals surface area contributed by atoms with E-state index in [0.29, 0.717) is 0 Å². The molecule has 0 aromatic heterocycles. The predicted molar refractivity (Wildman–Crippen MR) is 123 cm³/mol. The van der Waals surface area contributed by atoms with Gasteiger partial charge in [0, 0.05) is 24.8 Å². The fourth-order valence-electron chi connectivity index (χ4n) is 3.85. The van der Waals surface area contributed by atoms with Crippen molar-refractivity contribution in [3.05, 3.63) is 114 Å². The third kappa shape index (κ3) is 3.45. The quantitative estimate of drug-likeness (QED) is 0.383. The van der Waals surface area contributed by atoms with Crippen molar-refractivity contribution in [3.63, 3.8) is 0 Å². The summed E-state index contributed by atoms with van der Waals surface area (Å²) in [6, 6.07) is 36.3. The van der Waals surface area contributed by atoms with Crippen molar-refractivity contribution in [2.45, 2.75) is 6.42 Å². The normalized spacial score (nSPS) is 12.4. The molecule has 2 heteroatoms. The number of rotatable bonds is 4. The second-order valence-electron chi connectivity index (χ2n) is 7.39. The summed E-state index contributed by atoms with van der Waals surface area (Å²) in [6.45, 7) is 0. The van der Waals surface area contributed by atoms with E-state index in [1.165, 1.54) is 27.9 Å². The van der Waals surface area contributed by atoms with Crippen molar-refractivity contribution >= 4 is 22.8 Å². The summed E-state index contributed by atoms with van der Waals surface area (Å²) in [7, 11) is 2.11. The second kappa shape index (κ2) is 7.40. The van der Waals surface area contributed by atoms with Gasteiger partial charge < -0.3 is 4.90 Å². The molecule has 0 radical (unpaired) electrons. The van der Waals surface area contributed by atoms with Gasteiger partial charge in [0.2, 0.25) is 0 Å². The van der Waals surface area contributed by atoms with Gasteiger partial charge in [0.05, 0.1) is 11.4 Å². The van der Waals surface area contributed by atoms with E-state index in [4.69, 9.17) is 4.99 Å². The van der Waals surface area contributed by atoms with E-state index in [1.54, 1.807) is 0 Å². The van der Waals surface area contributed by atoms with Crippen LogP contribution in [0.4, 0.5) is 17.1 Å². The molecule has 0 N–H and O–H groups in total. The molecule has 4 aromatic rings. The summed E-state index contributed by atoms with van der Waals surface area (Å²) in [6.07, 6.45) is 0.907. The van der Waals surface area contributed by atoms with Gasteiger partial charge in [0.15, 0.2) is 0 Å². The minimum atomic E-state index is 0.907. The highest BCUT2D eigenvalue weighted by Crippen LogP contribution is 2.31. The smallest absolute Gasteiger partial charge is 0.0669 e. The van der Waals surface area contributed by atoms with E-state index in [2.05, 4.69) is 103 Å². The molecule has 5 rings (SSSR count). The molecule has 0 saturated carbocycles. The Morgan fingerprint density at radius 2 is 1.34 bits per heavy atom. The van der Waals surface area contributed by atoms with Crippen LogP contribution in [-0.2, 0) is 6.42 Å². The third-order valence-corrected chi connectivity index (χ3v) is 5.53. The minimum absolute atomic E-state index is 0.907. The molecule has 1 heterocycles. The van der Waals surface area contributed by atoms with Crippen LogP contribution in [0.25, 0.3) is 11.1 Å². The number of anilines is 2. The highest BCUT2D eigenvalue weighted by molar-refractivity contribution is 6.06. The SMILES string of the molecule is CN(c1ccc(C2=Nc3ccccc3C2)cc1)c1cccc(-c2ccccc2)c1. The number of benzene rings is 4. The minimum Gasteiger partial charge on any atom is -0.345 e. The number of para-hydroxylation sites is 1. The van der Waals surface area contributed by atoms with Crippen LogP contribution in [0.1, 0.15) is 11.1 Å². The molecule has 2 nitrogen and oxygen atoms in total. The molecule has 1 aliphatic heterocycles. The van der Waals surface area contributed by atoms with E-state index in [0.717, 1.165) is 23.5 Å². The van der Waals surface area contributed by atoms with Crippen LogP contribution in [0.5, 0.6) is 0 Å². The van der Waals surface area contributed by atoms with Crippen molar-refractivity contribution in [1.82, 2.24) is 0 Å². The summed E-state index contributed by atoms with van der Waals surface area (Å²) >= 11 is 0. The Hall–Kier alpha value is -3.65. The van der Waals surface area contributed by atoms with Gasteiger partial charge in [0.25, 0.3) is 0 Å². The lowest BCUT2D eigenvalue weighted by atomic mass is 10.0. The highest BCUT2D eigenvalue weighted by Gasteiger charge is 2.15. The first-order valence-electron chi connectivity index (χ1n) is 9.93. The van der Waals surface area contributed by atoms with Gasteiger partial charge in [-0.1, -0.05) is 72.8 Å². The fourth-order valence-corrected chi connectivity index (χ4v) is 3.85. The predicted octanol–water partition coefficient (Wildman–Crippen LogP) is 6.80. The van der Waals surface area contributed by atoms with Crippen LogP contribution in [0.2, 0.25) is 0 Å². The maximum Gasteiger partial charge on any atom is 0.0669 e. The molecule has 29 heavy (non-hydrogen) atoms. The highest BCUT2D eigenvalue weighted by atomic mass is 15.1. The van der Waals surface area contributed by atoms with Gasteiger partial charge in [0.1, 0.15) is 0 Å². The Bertz CT molecular complexity index is 1170.